The number of benzene rings is 2. The second kappa shape index (κ2) is 9.20. The summed E-state index contributed by atoms with van der Waals surface area (Å²) in [4.78, 5) is 16.9. The molecule has 5 nitrogen and oxygen atoms in total. The quantitative estimate of drug-likeness (QED) is 0.620. The van der Waals surface area contributed by atoms with Crippen LogP contribution in [0.5, 0.6) is 5.75 Å². The molecule has 29 heavy (non-hydrogen) atoms. The van der Waals surface area contributed by atoms with E-state index in [9.17, 15) is 4.79 Å². The van der Waals surface area contributed by atoms with Crippen molar-refractivity contribution in [2.75, 3.05) is 13.2 Å². The lowest BCUT2D eigenvalue weighted by atomic mass is 10.1. The van der Waals surface area contributed by atoms with Crippen LogP contribution in [0.1, 0.15) is 34.5 Å². The van der Waals surface area contributed by atoms with Gasteiger partial charge in [-0.2, -0.15) is 0 Å². The number of nitrogens with zero attached hydrogens (tertiary/aromatic N) is 1. The van der Waals surface area contributed by atoms with Gasteiger partial charge < -0.3 is 14.8 Å². The maximum Gasteiger partial charge on any atom is 0.270 e. The fraction of sp³-hybridized carbons (Fsp3) is 0.304. The Morgan fingerprint density at radius 3 is 3.00 bits per heavy atom. The van der Waals surface area contributed by atoms with E-state index in [0.717, 1.165) is 41.3 Å². The second-order valence-electron chi connectivity index (χ2n) is 7.19. The van der Waals surface area contributed by atoms with Crippen molar-refractivity contribution < 1.29 is 14.3 Å². The van der Waals surface area contributed by atoms with Gasteiger partial charge in [-0.3, -0.25) is 4.79 Å². The minimum Gasteiger partial charge on any atom is -0.489 e. The van der Waals surface area contributed by atoms with E-state index in [-0.39, 0.29) is 12.0 Å². The van der Waals surface area contributed by atoms with Gasteiger partial charge in [0.1, 0.15) is 23.1 Å². The van der Waals surface area contributed by atoms with Crippen molar-refractivity contribution in [3.63, 3.8) is 0 Å². The van der Waals surface area contributed by atoms with Gasteiger partial charge in [0.15, 0.2) is 0 Å². The molecule has 4 rings (SSSR count). The van der Waals surface area contributed by atoms with Crippen LogP contribution in [0, 0.1) is 6.92 Å². The van der Waals surface area contributed by atoms with Gasteiger partial charge in [0.25, 0.3) is 5.91 Å². The molecule has 0 bridgehead atoms. The Kier molecular flexibility index (Phi) is 6.22. The first-order chi connectivity index (χ1) is 14.2. The molecule has 1 aliphatic heterocycles. The van der Waals surface area contributed by atoms with Crippen LogP contribution in [0.2, 0.25) is 0 Å². The fourth-order valence-corrected chi connectivity index (χ4v) is 4.10. The van der Waals surface area contributed by atoms with Crippen molar-refractivity contribution >= 4 is 17.2 Å². The van der Waals surface area contributed by atoms with Crippen molar-refractivity contribution in [1.82, 2.24) is 10.3 Å². The molecular formula is C23H24N2O3S. The molecule has 0 saturated carbocycles. The first-order valence-corrected chi connectivity index (χ1v) is 10.7. The summed E-state index contributed by atoms with van der Waals surface area (Å²) in [6, 6.07) is 16.1. The van der Waals surface area contributed by atoms with Crippen LogP contribution in [-0.4, -0.2) is 30.1 Å². The van der Waals surface area contributed by atoms with Crippen LogP contribution < -0.4 is 10.1 Å². The lowest BCUT2D eigenvalue weighted by Gasteiger charge is -2.09. The monoisotopic (exact) mass is 408 g/mol. The van der Waals surface area contributed by atoms with Crippen LogP contribution in [-0.2, 0) is 11.3 Å². The SMILES string of the molecule is Cc1cccc(COc2cccc(-c3nc(C(=O)NC[C@H]4CCCO4)cs3)c2)c1. The van der Waals surface area contributed by atoms with E-state index in [2.05, 4.69) is 35.4 Å². The van der Waals surface area contributed by atoms with E-state index in [1.54, 1.807) is 5.38 Å². The normalized spacial score (nSPS) is 16.0. The lowest BCUT2D eigenvalue weighted by molar-refractivity contribution is 0.0854. The molecule has 1 amide bonds. The molecule has 0 radical (unpaired) electrons. The van der Waals surface area contributed by atoms with Crippen molar-refractivity contribution in [1.29, 1.82) is 0 Å². The van der Waals surface area contributed by atoms with E-state index in [1.165, 1.54) is 16.9 Å². The number of ether oxygens (including phenoxy) is 2. The molecule has 150 valence electrons. The summed E-state index contributed by atoms with van der Waals surface area (Å²) in [7, 11) is 0. The molecule has 3 aromatic rings. The first-order valence-electron chi connectivity index (χ1n) is 9.81. The van der Waals surface area contributed by atoms with E-state index in [0.29, 0.717) is 18.8 Å². The summed E-state index contributed by atoms with van der Waals surface area (Å²) < 4.78 is 11.5. The van der Waals surface area contributed by atoms with Crippen LogP contribution >= 0.6 is 11.3 Å². The lowest BCUT2D eigenvalue weighted by Crippen LogP contribution is -2.31. The second-order valence-corrected chi connectivity index (χ2v) is 8.05. The molecule has 0 aliphatic carbocycles. The molecule has 2 heterocycles. The van der Waals surface area contributed by atoms with E-state index in [1.807, 2.05) is 30.3 Å². The number of amides is 1. The standard InChI is InChI=1S/C23H24N2O3S/c1-16-5-2-6-17(11-16)14-28-19-8-3-7-18(12-19)23-25-21(15-29-23)22(26)24-13-20-9-4-10-27-20/h2-3,5-8,11-12,15,20H,4,9-10,13-14H2,1H3,(H,24,26)/t20-/m1/s1. The molecule has 1 atom stereocenters. The number of carbonyl (C=O) groups is 1. The zero-order valence-corrected chi connectivity index (χ0v) is 17.2. The molecule has 6 heteroatoms. The maximum atomic E-state index is 12.4. The summed E-state index contributed by atoms with van der Waals surface area (Å²) >= 11 is 1.46. The molecule has 2 aromatic carbocycles. The van der Waals surface area contributed by atoms with Gasteiger partial charge in [0.05, 0.1) is 6.10 Å². The molecule has 1 aliphatic rings. The third-order valence-electron chi connectivity index (χ3n) is 4.82. The Bertz CT molecular complexity index is 980. The van der Waals surface area contributed by atoms with Gasteiger partial charge in [-0.05, 0) is 37.5 Å². The predicted molar refractivity (Wildman–Crippen MR) is 114 cm³/mol. The van der Waals surface area contributed by atoms with Gasteiger partial charge in [-0.1, -0.05) is 42.0 Å². The zero-order valence-electron chi connectivity index (χ0n) is 16.4. The first kappa shape index (κ1) is 19.6. The maximum absolute atomic E-state index is 12.4. The number of aromatic nitrogens is 1. The summed E-state index contributed by atoms with van der Waals surface area (Å²) in [6.07, 6.45) is 2.18. The highest BCUT2D eigenvalue weighted by Crippen LogP contribution is 2.27. The van der Waals surface area contributed by atoms with E-state index >= 15 is 0 Å². The number of hydrogen-bond acceptors (Lipinski definition) is 5. The van der Waals surface area contributed by atoms with E-state index in [4.69, 9.17) is 9.47 Å². The third kappa shape index (κ3) is 5.22. The number of hydrogen-bond donors (Lipinski definition) is 1. The number of rotatable bonds is 7. The molecule has 1 saturated heterocycles. The highest BCUT2D eigenvalue weighted by atomic mass is 32.1. The summed E-state index contributed by atoms with van der Waals surface area (Å²) in [5.41, 5.74) is 3.73. The van der Waals surface area contributed by atoms with Crippen LogP contribution in [0.4, 0.5) is 0 Å². The summed E-state index contributed by atoms with van der Waals surface area (Å²) in [5, 5.41) is 5.51. The predicted octanol–water partition coefficient (Wildman–Crippen LogP) is 4.61. The van der Waals surface area contributed by atoms with Crippen LogP contribution in [0.15, 0.2) is 53.9 Å². The summed E-state index contributed by atoms with van der Waals surface area (Å²) in [6.45, 7) is 3.90. The third-order valence-corrected chi connectivity index (χ3v) is 5.71. The van der Waals surface area contributed by atoms with Crippen LogP contribution in [0.25, 0.3) is 10.6 Å². The van der Waals surface area contributed by atoms with Crippen molar-refractivity contribution in [2.45, 2.75) is 32.5 Å². The molecular weight excluding hydrogens is 384 g/mol. The van der Waals surface area contributed by atoms with Crippen LogP contribution in [0.3, 0.4) is 0 Å². The highest BCUT2D eigenvalue weighted by molar-refractivity contribution is 7.13. The number of carbonyl (C=O) groups excluding carboxylic acids is 1. The Morgan fingerprint density at radius 1 is 1.28 bits per heavy atom. The van der Waals surface area contributed by atoms with E-state index < -0.39 is 0 Å². The molecule has 1 N–H and O–H groups in total. The Morgan fingerprint density at radius 2 is 2.17 bits per heavy atom. The van der Waals surface area contributed by atoms with Gasteiger partial charge in [0.2, 0.25) is 0 Å². The average Bonchev–Trinajstić information content (AvgIpc) is 3.43. The highest BCUT2D eigenvalue weighted by Gasteiger charge is 2.18. The van der Waals surface area contributed by atoms with Crippen molar-refractivity contribution in [2.24, 2.45) is 0 Å². The number of nitrogens with one attached hydrogen (secondary N) is 1. The molecule has 1 fully saturated rings. The molecule has 0 unspecified atom stereocenters. The smallest absolute Gasteiger partial charge is 0.270 e. The largest absolute Gasteiger partial charge is 0.489 e. The van der Waals surface area contributed by atoms with Gasteiger partial charge in [-0.15, -0.1) is 11.3 Å². The molecule has 0 spiro atoms. The van der Waals surface area contributed by atoms with Crippen molar-refractivity contribution in [3.05, 3.63) is 70.7 Å². The minimum atomic E-state index is -0.158. The minimum absolute atomic E-state index is 0.124. The van der Waals surface area contributed by atoms with Gasteiger partial charge >= 0.3 is 0 Å². The average molecular weight is 409 g/mol. The Hall–Kier alpha value is -2.70. The Labute approximate surface area is 174 Å². The number of aryl methyl sites for hydroxylation is 1. The van der Waals surface area contributed by atoms with Gasteiger partial charge in [0, 0.05) is 24.1 Å². The zero-order chi connectivity index (χ0) is 20.1. The van der Waals surface area contributed by atoms with Crippen molar-refractivity contribution in [3.8, 4) is 16.3 Å². The van der Waals surface area contributed by atoms with Gasteiger partial charge in [-0.25, -0.2) is 4.98 Å². The number of thiazole rings is 1. The summed E-state index contributed by atoms with van der Waals surface area (Å²) in [5.74, 6) is 0.624. The topological polar surface area (TPSA) is 60.5 Å². The fourth-order valence-electron chi connectivity index (χ4n) is 3.30. The molecule has 1 aromatic heterocycles. The Balaban J connectivity index is 1.38.